The predicted molar refractivity (Wildman–Crippen MR) is 109 cm³/mol. The van der Waals surface area contributed by atoms with Crippen LogP contribution in [0.1, 0.15) is 116 Å². The average molecular weight is 401 g/mol. The molecule has 0 aliphatic rings. The van der Waals surface area contributed by atoms with E-state index in [2.05, 4.69) is 6.92 Å². The number of aliphatic carboxylic acids is 2. The van der Waals surface area contributed by atoms with Crippen LogP contribution in [-0.4, -0.2) is 34.2 Å². The highest BCUT2D eigenvalue weighted by Crippen LogP contribution is 2.14. The van der Waals surface area contributed by atoms with Crippen LogP contribution >= 0.6 is 0 Å². The molecule has 0 aromatic carbocycles. The third-order valence-electron chi connectivity index (χ3n) is 4.89. The van der Waals surface area contributed by atoms with Crippen LogP contribution in [-0.2, 0) is 19.1 Å². The van der Waals surface area contributed by atoms with Gasteiger partial charge in [-0.15, -0.1) is 0 Å². The van der Waals surface area contributed by atoms with Crippen molar-refractivity contribution in [1.29, 1.82) is 0 Å². The van der Waals surface area contributed by atoms with Crippen molar-refractivity contribution in [1.82, 2.24) is 0 Å². The van der Waals surface area contributed by atoms with Crippen LogP contribution in [0.5, 0.6) is 0 Å². The summed E-state index contributed by atoms with van der Waals surface area (Å²) in [7, 11) is 0. The third kappa shape index (κ3) is 17.8. The Morgan fingerprint density at radius 3 is 1.43 bits per heavy atom. The number of carboxylic acids is 2. The molecule has 0 spiro atoms. The number of rotatable bonds is 20. The van der Waals surface area contributed by atoms with Crippen LogP contribution < -0.4 is 0 Å². The Bertz CT molecular complexity index is 421. The maximum Gasteiger partial charge on any atom is 0.345 e. The lowest BCUT2D eigenvalue weighted by Crippen LogP contribution is -2.29. The van der Waals surface area contributed by atoms with E-state index in [0.29, 0.717) is 6.42 Å². The van der Waals surface area contributed by atoms with Gasteiger partial charge in [0, 0.05) is 6.42 Å². The highest BCUT2D eigenvalue weighted by atomic mass is 16.6. The Hall–Kier alpha value is -1.59. The van der Waals surface area contributed by atoms with E-state index in [1.54, 1.807) is 0 Å². The summed E-state index contributed by atoms with van der Waals surface area (Å²) in [6, 6.07) is 0. The molecule has 6 heteroatoms. The molecule has 0 fully saturated rings. The normalized spacial score (nSPS) is 11.9. The molecule has 0 saturated heterocycles. The van der Waals surface area contributed by atoms with E-state index >= 15 is 0 Å². The SMILES string of the molecule is CCCCCCCCCCCCCCCCCC(=O)OC(CC(=O)O)C(=O)O. The summed E-state index contributed by atoms with van der Waals surface area (Å²) < 4.78 is 4.72. The number of carboxylic acid groups (broad SMARTS) is 2. The predicted octanol–water partition coefficient (Wildman–Crippen LogP) is 5.72. The molecule has 0 radical (unpaired) electrons. The van der Waals surface area contributed by atoms with Gasteiger partial charge in [-0.25, -0.2) is 4.79 Å². The summed E-state index contributed by atoms with van der Waals surface area (Å²) in [6.45, 7) is 2.25. The number of carbonyl (C=O) groups excluding carboxylic acids is 1. The molecule has 6 nitrogen and oxygen atoms in total. The first-order valence-corrected chi connectivity index (χ1v) is 11.1. The molecule has 0 amide bonds. The van der Waals surface area contributed by atoms with E-state index in [-0.39, 0.29) is 6.42 Å². The fraction of sp³-hybridized carbons (Fsp3) is 0.864. The van der Waals surface area contributed by atoms with Gasteiger partial charge in [0.15, 0.2) is 0 Å². The average Bonchev–Trinajstić information content (AvgIpc) is 2.64. The van der Waals surface area contributed by atoms with Crippen LogP contribution in [0.25, 0.3) is 0 Å². The van der Waals surface area contributed by atoms with Gasteiger partial charge in [0.05, 0.1) is 6.42 Å². The third-order valence-corrected chi connectivity index (χ3v) is 4.89. The molecule has 0 aliphatic heterocycles. The van der Waals surface area contributed by atoms with Gasteiger partial charge in [-0.3, -0.25) is 9.59 Å². The fourth-order valence-electron chi connectivity index (χ4n) is 3.20. The lowest BCUT2D eigenvalue weighted by atomic mass is 10.0. The van der Waals surface area contributed by atoms with Gasteiger partial charge in [0.1, 0.15) is 0 Å². The molecule has 0 aromatic rings. The molecule has 2 N–H and O–H groups in total. The first kappa shape index (κ1) is 26.4. The zero-order valence-corrected chi connectivity index (χ0v) is 17.6. The van der Waals surface area contributed by atoms with E-state index in [0.717, 1.165) is 19.3 Å². The Labute approximate surface area is 170 Å². The van der Waals surface area contributed by atoms with Crippen LogP contribution in [0.15, 0.2) is 0 Å². The van der Waals surface area contributed by atoms with Crippen molar-refractivity contribution < 1.29 is 29.3 Å². The number of ether oxygens (including phenoxy) is 1. The second kappa shape index (κ2) is 18.8. The quantitative estimate of drug-likeness (QED) is 0.200. The smallest absolute Gasteiger partial charge is 0.345 e. The molecule has 0 heterocycles. The van der Waals surface area contributed by atoms with Gasteiger partial charge >= 0.3 is 17.9 Å². The summed E-state index contributed by atoms with van der Waals surface area (Å²) in [6.07, 6.45) is 16.3. The molecule has 0 rings (SSSR count). The number of hydrogen-bond acceptors (Lipinski definition) is 4. The van der Waals surface area contributed by atoms with Crippen molar-refractivity contribution in [3.63, 3.8) is 0 Å². The minimum absolute atomic E-state index is 0.141. The molecule has 164 valence electrons. The Balaban J connectivity index is 3.41. The molecule has 0 aliphatic carbocycles. The van der Waals surface area contributed by atoms with Crippen LogP contribution in [0.2, 0.25) is 0 Å². The summed E-state index contributed by atoms with van der Waals surface area (Å²) >= 11 is 0. The minimum Gasteiger partial charge on any atom is -0.481 e. The summed E-state index contributed by atoms with van der Waals surface area (Å²) in [5.74, 6) is -3.36. The van der Waals surface area contributed by atoms with Gasteiger partial charge in [-0.05, 0) is 6.42 Å². The number of hydrogen-bond donors (Lipinski definition) is 2. The van der Waals surface area contributed by atoms with E-state index < -0.39 is 30.4 Å². The van der Waals surface area contributed by atoms with Crippen LogP contribution in [0, 0.1) is 0 Å². The zero-order chi connectivity index (χ0) is 21.0. The topological polar surface area (TPSA) is 101 Å². The van der Waals surface area contributed by atoms with E-state index in [1.807, 2.05) is 0 Å². The lowest BCUT2D eigenvalue weighted by Gasteiger charge is -2.11. The van der Waals surface area contributed by atoms with Gasteiger partial charge < -0.3 is 14.9 Å². The van der Waals surface area contributed by atoms with Gasteiger partial charge in [0.2, 0.25) is 6.10 Å². The maximum absolute atomic E-state index is 11.6. The number of carbonyl (C=O) groups is 3. The Kier molecular flexibility index (Phi) is 17.7. The van der Waals surface area contributed by atoms with Crippen LogP contribution in [0.4, 0.5) is 0 Å². The van der Waals surface area contributed by atoms with Crippen molar-refractivity contribution in [3.05, 3.63) is 0 Å². The first-order chi connectivity index (χ1) is 13.5. The molecule has 0 aromatic heterocycles. The molecule has 0 saturated carbocycles. The van der Waals surface area contributed by atoms with Crippen LogP contribution in [0.3, 0.4) is 0 Å². The second-order valence-corrected chi connectivity index (χ2v) is 7.61. The molecular formula is C22H40O6. The van der Waals surface area contributed by atoms with E-state index in [4.69, 9.17) is 14.9 Å². The molecular weight excluding hydrogens is 360 g/mol. The van der Waals surface area contributed by atoms with Gasteiger partial charge in [0.25, 0.3) is 0 Å². The highest BCUT2D eigenvalue weighted by molar-refractivity contribution is 5.82. The fourth-order valence-corrected chi connectivity index (χ4v) is 3.20. The summed E-state index contributed by atoms with van der Waals surface area (Å²) in [5.41, 5.74) is 0. The van der Waals surface area contributed by atoms with Crippen molar-refractivity contribution in [2.45, 2.75) is 122 Å². The van der Waals surface area contributed by atoms with Gasteiger partial charge in [-0.2, -0.15) is 0 Å². The molecule has 1 unspecified atom stereocenters. The first-order valence-electron chi connectivity index (χ1n) is 11.1. The molecule has 1 atom stereocenters. The van der Waals surface area contributed by atoms with Crippen molar-refractivity contribution in [2.24, 2.45) is 0 Å². The van der Waals surface area contributed by atoms with Gasteiger partial charge in [-0.1, -0.05) is 96.8 Å². The summed E-state index contributed by atoms with van der Waals surface area (Å²) in [4.78, 5) is 33.0. The summed E-state index contributed by atoms with van der Waals surface area (Å²) in [5, 5.41) is 17.4. The van der Waals surface area contributed by atoms with Crippen molar-refractivity contribution in [2.75, 3.05) is 0 Å². The minimum atomic E-state index is -1.60. The Morgan fingerprint density at radius 2 is 1.07 bits per heavy atom. The van der Waals surface area contributed by atoms with E-state index in [1.165, 1.54) is 70.6 Å². The maximum atomic E-state index is 11.6. The lowest BCUT2D eigenvalue weighted by molar-refractivity contribution is -0.167. The second-order valence-electron chi connectivity index (χ2n) is 7.61. The zero-order valence-electron chi connectivity index (χ0n) is 17.6. The molecule has 28 heavy (non-hydrogen) atoms. The van der Waals surface area contributed by atoms with Crippen molar-refractivity contribution >= 4 is 17.9 Å². The monoisotopic (exact) mass is 400 g/mol. The molecule has 0 bridgehead atoms. The Morgan fingerprint density at radius 1 is 0.679 bits per heavy atom. The largest absolute Gasteiger partial charge is 0.481 e. The highest BCUT2D eigenvalue weighted by Gasteiger charge is 2.24. The van der Waals surface area contributed by atoms with E-state index in [9.17, 15) is 14.4 Å². The standard InChI is InChI=1S/C22H40O6/c1-2-3-4-5-6-7-8-9-10-11-12-13-14-15-16-17-21(25)28-19(22(26)27)18-20(23)24/h19H,2-18H2,1H3,(H,23,24)(H,26,27). The number of esters is 1. The number of unbranched alkanes of at least 4 members (excludes halogenated alkanes) is 14. The van der Waals surface area contributed by atoms with Crippen molar-refractivity contribution in [3.8, 4) is 0 Å².